The zero-order valence-corrected chi connectivity index (χ0v) is 16.2. The third-order valence-electron chi connectivity index (χ3n) is 3.81. The van der Waals surface area contributed by atoms with Crippen molar-refractivity contribution in [3.8, 4) is 0 Å². The van der Waals surface area contributed by atoms with E-state index in [1.165, 1.54) is 12.1 Å². The van der Waals surface area contributed by atoms with Crippen LogP contribution in [0.25, 0.3) is 0 Å². The van der Waals surface area contributed by atoms with Crippen LogP contribution in [0.15, 0.2) is 53.4 Å². The summed E-state index contributed by atoms with van der Waals surface area (Å²) in [6, 6.07) is 13.3. The average Bonchev–Trinajstić information content (AvgIpc) is 2.71. The van der Waals surface area contributed by atoms with Gasteiger partial charge in [0.05, 0.1) is 15.6 Å². The van der Waals surface area contributed by atoms with Gasteiger partial charge in [-0.1, -0.05) is 30.3 Å². The van der Waals surface area contributed by atoms with Crippen LogP contribution < -0.4 is 16.4 Å². The third kappa shape index (κ3) is 7.26. The molecule has 29 heavy (non-hydrogen) atoms. The minimum atomic E-state index is -0.770. The lowest BCUT2D eigenvalue weighted by Crippen LogP contribution is -2.31. The molecule has 2 aromatic carbocycles. The number of carbonyl (C=O) groups excluding carboxylic acids is 3. The van der Waals surface area contributed by atoms with Crippen molar-refractivity contribution in [1.29, 1.82) is 0 Å². The number of nitrogens with two attached hydrogens (primary N) is 1. The fourth-order valence-corrected chi connectivity index (χ4v) is 3.16. The Morgan fingerprint density at radius 2 is 1.76 bits per heavy atom. The Morgan fingerprint density at radius 3 is 2.41 bits per heavy atom. The van der Waals surface area contributed by atoms with Crippen LogP contribution in [0.1, 0.15) is 22.3 Å². The second-order valence-corrected chi connectivity index (χ2v) is 6.97. The van der Waals surface area contributed by atoms with Crippen LogP contribution >= 0.6 is 11.8 Å². The van der Waals surface area contributed by atoms with Crippen LogP contribution in [-0.4, -0.2) is 34.9 Å². The molecule has 3 amide bonds. The number of carbonyl (C=O) groups is 3. The first-order chi connectivity index (χ1) is 13.9. The molecule has 0 radical (unpaired) electrons. The lowest BCUT2D eigenvalue weighted by molar-refractivity contribution is -0.387. The van der Waals surface area contributed by atoms with E-state index in [0.717, 1.165) is 23.4 Å². The SMILES string of the molecule is NC(=O)c1ccc(SCC(=O)NCCC(=O)NCc2ccccc2)c([N+](=O)[O-])c1. The van der Waals surface area contributed by atoms with E-state index in [0.29, 0.717) is 6.54 Å². The van der Waals surface area contributed by atoms with E-state index in [1.54, 1.807) is 0 Å². The van der Waals surface area contributed by atoms with Gasteiger partial charge in [0.15, 0.2) is 0 Å². The highest BCUT2D eigenvalue weighted by Gasteiger charge is 2.18. The van der Waals surface area contributed by atoms with E-state index in [9.17, 15) is 24.5 Å². The third-order valence-corrected chi connectivity index (χ3v) is 4.87. The number of nitro benzene ring substituents is 1. The molecular weight excluding hydrogens is 396 g/mol. The smallest absolute Gasteiger partial charge is 0.283 e. The van der Waals surface area contributed by atoms with Crippen molar-refractivity contribution in [1.82, 2.24) is 10.6 Å². The van der Waals surface area contributed by atoms with Crippen LogP contribution in [0, 0.1) is 10.1 Å². The number of nitro groups is 1. The molecular formula is C19H20N4O5S. The van der Waals surface area contributed by atoms with E-state index < -0.39 is 10.8 Å². The van der Waals surface area contributed by atoms with Gasteiger partial charge in [-0.05, 0) is 17.7 Å². The van der Waals surface area contributed by atoms with Crippen LogP contribution in [0.2, 0.25) is 0 Å². The van der Waals surface area contributed by atoms with Gasteiger partial charge in [0.1, 0.15) is 0 Å². The van der Waals surface area contributed by atoms with Crippen molar-refractivity contribution < 1.29 is 19.3 Å². The molecule has 0 aromatic heterocycles. The molecule has 0 bridgehead atoms. The second kappa shape index (κ2) is 10.8. The highest BCUT2D eigenvalue weighted by atomic mass is 32.2. The number of amides is 3. The van der Waals surface area contributed by atoms with Crippen molar-refractivity contribution in [3.63, 3.8) is 0 Å². The second-order valence-electron chi connectivity index (χ2n) is 5.95. The maximum atomic E-state index is 11.9. The summed E-state index contributed by atoms with van der Waals surface area (Å²) in [7, 11) is 0. The van der Waals surface area contributed by atoms with Gasteiger partial charge in [-0.15, -0.1) is 11.8 Å². The van der Waals surface area contributed by atoms with E-state index in [4.69, 9.17) is 5.73 Å². The molecule has 2 aromatic rings. The van der Waals surface area contributed by atoms with Gasteiger partial charge < -0.3 is 16.4 Å². The van der Waals surface area contributed by atoms with Crippen LogP contribution in [0.3, 0.4) is 0 Å². The van der Waals surface area contributed by atoms with E-state index in [-0.39, 0.29) is 46.7 Å². The molecule has 0 aliphatic heterocycles. The lowest BCUT2D eigenvalue weighted by atomic mass is 10.2. The summed E-state index contributed by atoms with van der Waals surface area (Å²) in [5.41, 5.74) is 5.83. The summed E-state index contributed by atoms with van der Waals surface area (Å²) in [4.78, 5) is 45.6. The van der Waals surface area contributed by atoms with E-state index in [2.05, 4.69) is 10.6 Å². The maximum Gasteiger partial charge on any atom is 0.283 e. The van der Waals surface area contributed by atoms with Crippen LogP contribution in [0.5, 0.6) is 0 Å². The van der Waals surface area contributed by atoms with Gasteiger partial charge in [-0.2, -0.15) is 0 Å². The van der Waals surface area contributed by atoms with Crippen LogP contribution in [-0.2, 0) is 16.1 Å². The summed E-state index contributed by atoms with van der Waals surface area (Å²) >= 11 is 0.964. The minimum Gasteiger partial charge on any atom is -0.366 e. The van der Waals surface area contributed by atoms with Gasteiger partial charge in [-0.25, -0.2) is 0 Å². The molecule has 0 unspecified atom stereocenters. The fourth-order valence-electron chi connectivity index (χ4n) is 2.33. The van der Waals surface area contributed by atoms with Gasteiger partial charge >= 0.3 is 0 Å². The number of nitrogens with zero attached hydrogens (tertiary/aromatic N) is 1. The first kappa shape index (κ1) is 21.9. The monoisotopic (exact) mass is 416 g/mol. The average molecular weight is 416 g/mol. The normalized spacial score (nSPS) is 10.2. The first-order valence-corrected chi connectivity index (χ1v) is 9.63. The molecule has 0 fully saturated rings. The standard InChI is InChI=1S/C19H20N4O5S/c20-19(26)14-6-7-16(15(10-14)23(27)28)29-12-18(25)21-9-8-17(24)22-11-13-4-2-1-3-5-13/h1-7,10H,8-9,11-12H2,(H2,20,26)(H,21,25)(H,22,24). The molecule has 0 heterocycles. The number of hydrogen-bond donors (Lipinski definition) is 3. The van der Waals surface area contributed by atoms with Crippen LogP contribution in [0.4, 0.5) is 5.69 Å². The summed E-state index contributed by atoms with van der Waals surface area (Å²) in [5, 5.41) is 16.5. The fraction of sp³-hybridized carbons (Fsp3) is 0.211. The molecule has 2 rings (SSSR count). The van der Waals surface area contributed by atoms with Crippen molar-refractivity contribution in [2.24, 2.45) is 5.73 Å². The Hall–Kier alpha value is -3.40. The molecule has 0 atom stereocenters. The number of thioether (sulfide) groups is 1. The number of rotatable bonds is 10. The van der Waals surface area contributed by atoms with E-state index >= 15 is 0 Å². The Kier molecular flexibility index (Phi) is 8.16. The Balaban J connectivity index is 1.75. The summed E-state index contributed by atoms with van der Waals surface area (Å²) in [6.07, 6.45) is 0.122. The van der Waals surface area contributed by atoms with Crippen molar-refractivity contribution in [2.45, 2.75) is 17.9 Å². The largest absolute Gasteiger partial charge is 0.366 e. The molecule has 4 N–H and O–H groups in total. The highest BCUT2D eigenvalue weighted by molar-refractivity contribution is 8.00. The number of benzene rings is 2. The topological polar surface area (TPSA) is 144 Å². The molecule has 9 nitrogen and oxygen atoms in total. The number of hydrogen-bond acceptors (Lipinski definition) is 6. The predicted octanol–water partition coefficient (Wildman–Crippen LogP) is 1.61. The first-order valence-electron chi connectivity index (χ1n) is 8.65. The zero-order chi connectivity index (χ0) is 21.2. The molecule has 0 saturated carbocycles. The van der Waals surface area contributed by atoms with E-state index in [1.807, 2.05) is 30.3 Å². The van der Waals surface area contributed by atoms with Crippen molar-refractivity contribution >= 4 is 35.2 Å². The van der Waals surface area contributed by atoms with Gasteiger partial charge in [0.2, 0.25) is 17.7 Å². The minimum absolute atomic E-state index is 0.0204. The van der Waals surface area contributed by atoms with Gasteiger partial charge in [0, 0.05) is 31.1 Å². The predicted molar refractivity (Wildman–Crippen MR) is 108 cm³/mol. The number of nitrogens with one attached hydrogen (secondary N) is 2. The molecule has 10 heteroatoms. The molecule has 0 saturated heterocycles. The summed E-state index contributed by atoms with van der Waals surface area (Å²) < 4.78 is 0. The Labute approximate surface area is 171 Å². The molecule has 0 aliphatic rings. The van der Waals surface area contributed by atoms with Crippen molar-refractivity contribution in [2.75, 3.05) is 12.3 Å². The molecule has 152 valence electrons. The van der Waals surface area contributed by atoms with Crippen molar-refractivity contribution in [3.05, 3.63) is 69.8 Å². The molecule has 0 spiro atoms. The summed E-state index contributed by atoms with van der Waals surface area (Å²) in [5.74, 6) is -1.39. The maximum absolute atomic E-state index is 11.9. The highest BCUT2D eigenvalue weighted by Crippen LogP contribution is 2.29. The Bertz CT molecular complexity index is 905. The summed E-state index contributed by atoms with van der Waals surface area (Å²) in [6.45, 7) is 0.567. The number of primary amides is 1. The van der Waals surface area contributed by atoms with Gasteiger partial charge in [0.25, 0.3) is 5.69 Å². The lowest BCUT2D eigenvalue weighted by Gasteiger charge is -2.07. The molecule has 0 aliphatic carbocycles. The Morgan fingerprint density at radius 1 is 1.03 bits per heavy atom. The van der Waals surface area contributed by atoms with Gasteiger partial charge in [-0.3, -0.25) is 24.5 Å². The zero-order valence-electron chi connectivity index (χ0n) is 15.4. The quantitative estimate of drug-likeness (QED) is 0.305.